The van der Waals surface area contributed by atoms with Gasteiger partial charge in [-0.3, -0.25) is 14.5 Å². The van der Waals surface area contributed by atoms with Crippen LogP contribution in [-0.2, 0) is 14.3 Å². The van der Waals surface area contributed by atoms with E-state index >= 15 is 0 Å². The number of aliphatic hydroxyl groups is 1. The molecule has 1 aliphatic rings. The number of nitrogens with zero attached hydrogens (tertiary/aromatic N) is 2. The van der Waals surface area contributed by atoms with Crippen molar-refractivity contribution in [2.45, 2.75) is 6.92 Å². The standard InChI is InChI=1S/C10H18N2O4/c1-9(14)16-7-6-11-2-4-12(5-3-11)10(15)8-13/h13H,2-8H2,1H3. The van der Waals surface area contributed by atoms with Crippen molar-refractivity contribution in [2.24, 2.45) is 0 Å². The van der Waals surface area contributed by atoms with E-state index in [1.165, 1.54) is 6.92 Å². The topological polar surface area (TPSA) is 70.1 Å². The lowest BCUT2D eigenvalue weighted by atomic mass is 10.3. The minimum atomic E-state index is -0.423. The first kappa shape index (κ1) is 12.9. The summed E-state index contributed by atoms with van der Waals surface area (Å²) in [5.74, 6) is -0.492. The Morgan fingerprint density at radius 2 is 1.88 bits per heavy atom. The third-order valence-corrected chi connectivity index (χ3v) is 2.57. The van der Waals surface area contributed by atoms with Crippen molar-refractivity contribution in [3.05, 3.63) is 0 Å². The largest absolute Gasteiger partial charge is 0.465 e. The van der Waals surface area contributed by atoms with Gasteiger partial charge in [0, 0.05) is 39.6 Å². The number of ether oxygens (including phenoxy) is 1. The first-order chi connectivity index (χ1) is 7.63. The van der Waals surface area contributed by atoms with Crippen LogP contribution in [-0.4, -0.2) is 72.7 Å². The maximum absolute atomic E-state index is 11.2. The SMILES string of the molecule is CC(=O)OCCN1CCN(C(=O)CO)CC1. The van der Waals surface area contributed by atoms with E-state index in [1.807, 2.05) is 0 Å². The van der Waals surface area contributed by atoms with Gasteiger partial charge in [0.1, 0.15) is 13.2 Å². The first-order valence-electron chi connectivity index (χ1n) is 5.38. The molecule has 1 saturated heterocycles. The van der Waals surface area contributed by atoms with Gasteiger partial charge >= 0.3 is 5.97 Å². The molecule has 0 saturated carbocycles. The summed E-state index contributed by atoms with van der Waals surface area (Å²) in [4.78, 5) is 25.5. The van der Waals surface area contributed by atoms with Crippen LogP contribution in [0.2, 0.25) is 0 Å². The van der Waals surface area contributed by atoms with Crippen LogP contribution in [0.4, 0.5) is 0 Å². The van der Waals surface area contributed by atoms with E-state index in [9.17, 15) is 9.59 Å². The maximum atomic E-state index is 11.2. The van der Waals surface area contributed by atoms with Gasteiger partial charge in [-0.25, -0.2) is 0 Å². The number of aliphatic hydroxyl groups excluding tert-OH is 1. The molecule has 92 valence electrons. The molecule has 0 radical (unpaired) electrons. The van der Waals surface area contributed by atoms with Gasteiger partial charge < -0.3 is 14.7 Å². The Labute approximate surface area is 94.8 Å². The number of esters is 1. The van der Waals surface area contributed by atoms with Crippen molar-refractivity contribution in [2.75, 3.05) is 45.9 Å². The number of rotatable bonds is 4. The molecular weight excluding hydrogens is 212 g/mol. The second-order valence-electron chi connectivity index (χ2n) is 3.72. The molecule has 0 aromatic heterocycles. The third-order valence-electron chi connectivity index (χ3n) is 2.57. The predicted octanol–water partition coefficient (Wildman–Crippen LogP) is -1.31. The third kappa shape index (κ3) is 4.16. The average Bonchev–Trinajstić information content (AvgIpc) is 2.28. The Bertz CT molecular complexity index is 249. The molecule has 0 atom stereocenters. The monoisotopic (exact) mass is 230 g/mol. The molecule has 6 heteroatoms. The zero-order valence-corrected chi connectivity index (χ0v) is 9.52. The fourth-order valence-corrected chi connectivity index (χ4v) is 1.64. The van der Waals surface area contributed by atoms with Crippen LogP contribution < -0.4 is 0 Å². The van der Waals surface area contributed by atoms with Crippen LogP contribution in [0.5, 0.6) is 0 Å². The van der Waals surface area contributed by atoms with E-state index in [1.54, 1.807) is 4.90 Å². The average molecular weight is 230 g/mol. The molecule has 1 fully saturated rings. The van der Waals surface area contributed by atoms with Crippen LogP contribution in [0.25, 0.3) is 0 Å². The zero-order valence-electron chi connectivity index (χ0n) is 9.52. The van der Waals surface area contributed by atoms with Crippen molar-refractivity contribution in [3.63, 3.8) is 0 Å². The highest BCUT2D eigenvalue weighted by Gasteiger charge is 2.19. The zero-order chi connectivity index (χ0) is 12.0. The van der Waals surface area contributed by atoms with Crippen molar-refractivity contribution in [3.8, 4) is 0 Å². The van der Waals surface area contributed by atoms with E-state index in [0.29, 0.717) is 26.2 Å². The Kier molecular flexibility index (Phi) is 5.21. The highest BCUT2D eigenvalue weighted by Crippen LogP contribution is 2.01. The van der Waals surface area contributed by atoms with Crippen molar-refractivity contribution >= 4 is 11.9 Å². The second-order valence-corrected chi connectivity index (χ2v) is 3.72. The predicted molar refractivity (Wildman–Crippen MR) is 56.7 cm³/mol. The van der Waals surface area contributed by atoms with E-state index in [4.69, 9.17) is 9.84 Å². The van der Waals surface area contributed by atoms with Gasteiger partial charge in [-0.2, -0.15) is 0 Å². The highest BCUT2D eigenvalue weighted by atomic mass is 16.5. The molecule has 1 N–H and O–H groups in total. The van der Waals surface area contributed by atoms with Gasteiger partial charge in [-0.1, -0.05) is 0 Å². The summed E-state index contributed by atoms with van der Waals surface area (Å²) in [6.07, 6.45) is 0. The molecule has 1 rings (SSSR count). The van der Waals surface area contributed by atoms with Gasteiger partial charge in [0.2, 0.25) is 5.91 Å². The first-order valence-corrected chi connectivity index (χ1v) is 5.38. The van der Waals surface area contributed by atoms with Crippen LogP contribution in [0, 0.1) is 0 Å². The summed E-state index contributed by atoms with van der Waals surface area (Å²) < 4.78 is 4.84. The molecule has 1 aliphatic heterocycles. The Morgan fingerprint density at radius 1 is 1.25 bits per heavy atom. The lowest BCUT2D eigenvalue weighted by Gasteiger charge is -2.34. The van der Waals surface area contributed by atoms with Gasteiger partial charge in [0.25, 0.3) is 0 Å². The maximum Gasteiger partial charge on any atom is 0.302 e. The van der Waals surface area contributed by atoms with Gasteiger partial charge in [-0.15, -0.1) is 0 Å². The number of piperazine rings is 1. The minimum absolute atomic E-state index is 0.223. The Hall–Kier alpha value is -1.14. The lowest BCUT2D eigenvalue weighted by Crippen LogP contribution is -2.50. The van der Waals surface area contributed by atoms with Gasteiger partial charge in [0.15, 0.2) is 0 Å². The summed E-state index contributed by atoms with van der Waals surface area (Å²) in [6, 6.07) is 0. The Balaban J connectivity index is 2.17. The van der Waals surface area contributed by atoms with Crippen molar-refractivity contribution in [1.29, 1.82) is 0 Å². The van der Waals surface area contributed by atoms with Crippen molar-refractivity contribution in [1.82, 2.24) is 9.80 Å². The smallest absolute Gasteiger partial charge is 0.302 e. The minimum Gasteiger partial charge on any atom is -0.465 e. The fourth-order valence-electron chi connectivity index (χ4n) is 1.64. The summed E-state index contributed by atoms with van der Waals surface area (Å²) in [5.41, 5.74) is 0. The molecule has 0 unspecified atom stereocenters. The molecule has 0 aliphatic carbocycles. The summed E-state index contributed by atoms with van der Waals surface area (Å²) in [7, 11) is 0. The molecule has 0 aromatic carbocycles. The van der Waals surface area contributed by atoms with E-state index < -0.39 is 6.61 Å². The number of carbonyl (C=O) groups excluding carboxylic acids is 2. The molecule has 1 heterocycles. The molecule has 1 amide bonds. The summed E-state index contributed by atoms with van der Waals surface area (Å²) in [6.45, 7) is 4.81. The van der Waals surface area contributed by atoms with Crippen LogP contribution >= 0.6 is 0 Å². The van der Waals surface area contributed by atoms with E-state index in [0.717, 1.165) is 13.1 Å². The van der Waals surface area contributed by atoms with Crippen LogP contribution in [0.1, 0.15) is 6.92 Å². The molecular formula is C10H18N2O4. The number of hydrogen-bond donors (Lipinski definition) is 1. The molecule has 0 spiro atoms. The van der Waals surface area contributed by atoms with E-state index in [-0.39, 0.29) is 11.9 Å². The number of amides is 1. The quantitative estimate of drug-likeness (QED) is 0.607. The second kappa shape index (κ2) is 6.44. The van der Waals surface area contributed by atoms with Gasteiger partial charge in [-0.05, 0) is 0 Å². The number of hydrogen-bond acceptors (Lipinski definition) is 5. The highest BCUT2D eigenvalue weighted by molar-refractivity contribution is 5.77. The molecule has 0 bridgehead atoms. The van der Waals surface area contributed by atoms with Crippen LogP contribution in [0.15, 0.2) is 0 Å². The molecule has 16 heavy (non-hydrogen) atoms. The van der Waals surface area contributed by atoms with Crippen LogP contribution in [0.3, 0.4) is 0 Å². The van der Waals surface area contributed by atoms with Crippen molar-refractivity contribution < 1.29 is 19.4 Å². The lowest BCUT2D eigenvalue weighted by molar-refractivity contribution is -0.141. The normalized spacial score (nSPS) is 17.2. The molecule has 6 nitrogen and oxygen atoms in total. The summed E-state index contributed by atoms with van der Waals surface area (Å²) >= 11 is 0. The molecule has 0 aromatic rings. The van der Waals surface area contributed by atoms with E-state index in [2.05, 4.69) is 4.90 Å². The fraction of sp³-hybridized carbons (Fsp3) is 0.800. The number of carbonyl (C=O) groups is 2. The Morgan fingerprint density at radius 3 is 2.38 bits per heavy atom. The van der Waals surface area contributed by atoms with Gasteiger partial charge in [0.05, 0.1) is 0 Å². The summed E-state index contributed by atoms with van der Waals surface area (Å²) in [5, 5.41) is 8.69.